The summed E-state index contributed by atoms with van der Waals surface area (Å²) < 4.78 is 35.7. The molecule has 0 unspecified atom stereocenters. The predicted molar refractivity (Wildman–Crippen MR) is 30.4 cm³/mol. The molecule has 10 heavy (non-hydrogen) atoms. The fraction of sp³-hybridized carbons (Fsp3) is 0.143. The highest BCUT2D eigenvalue weighted by Gasteiger charge is 2.37. The second kappa shape index (κ2) is 1.36. The van der Waals surface area contributed by atoms with Crippen LogP contribution in [0, 0.1) is 0 Å². The average molecular weight is 144 g/mol. The second-order valence-corrected chi connectivity index (χ2v) is 2.26. The Kier molecular flexibility index (Phi) is 0.785. The van der Waals surface area contributed by atoms with E-state index in [1.165, 1.54) is 12.1 Å². The summed E-state index contributed by atoms with van der Waals surface area (Å²) in [6, 6.07) is 4.13. The second-order valence-electron chi connectivity index (χ2n) is 2.26. The van der Waals surface area contributed by atoms with E-state index in [9.17, 15) is 13.2 Å². The van der Waals surface area contributed by atoms with Crippen LogP contribution in [0.5, 0.6) is 0 Å². The molecule has 2 rings (SSSR count). The first kappa shape index (κ1) is 5.77. The molecular formula is C7H3F3. The molecule has 0 atom stereocenters. The summed E-state index contributed by atoms with van der Waals surface area (Å²) in [5.74, 6) is 0. The summed E-state index contributed by atoms with van der Waals surface area (Å²) in [5.41, 5.74) is 0.599. The van der Waals surface area contributed by atoms with Crippen LogP contribution in [-0.4, -0.2) is 0 Å². The Morgan fingerprint density at radius 3 is 2.00 bits per heavy atom. The summed E-state index contributed by atoms with van der Waals surface area (Å²) in [5, 5.41) is 0. The quantitative estimate of drug-likeness (QED) is 0.533. The van der Waals surface area contributed by atoms with Crippen molar-refractivity contribution in [3.8, 4) is 11.1 Å². The standard InChI is InChI=1S/C7H3F3/c8-7(9,10)6-2-1-4-3-5(4)6/h1-3H. The molecule has 0 aromatic heterocycles. The van der Waals surface area contributed by atoms with E-state index in [0.29, 0.717) is 5.56 Å². The first-order valence-electron chi connectivity index (χ1n) is 2.80. The number of hydrogen-bond donors (Lipinski definition) is 0. The lowest BCUT2D eigenvalue weighted by molar-refractivity contribution is -0.136. The van der Waals surface area contributed by atoms with Gasteiger partial charge in [0.15, 0.2) is 0 Å². The van der Waals surface area contributed by atoms with Gasteiger partial charge in [0.25, 0.3) is 0 Å². The molecule has 3 heteroatoms. The smallest absolute Gasteiger partial charge is 0.166 e. The minimum Gasteiger partial charge on any atom is -0.166 e. The SMILES string of the molecule is FC(F)(F)c1ccc2cc1-2. The van der Waals surface area contributed by atoms with E-state index >= 15 is 0 Å². The molecule has 0 spiro atoms. The zero-order valence-corrected chi connectivity index (χ0v) is 4.87. The maximum atomic E-state index is 11.9. The van der Waals surface area contributed by atoms with Crippen LogP contribution in [0.15, 0.2) is 18.2 Å². The van der Waals surface area contributed by atoms with Crippen molar-refractivity contribution in [2.75, 3.05) is 0 Å². The Morgan fingerprint density at radius 2 is 1.80 bits per heavy atom. The minimum atomic E-state index is -4.17. The van der Waals surface area contributed by atoms with Crippen LogP contribution in [0.3, 0.4) is 0 Å². The van der Waals surface area contributed by atoms with Crippen LogP contribution in [0.1, 0.15) is 5.56 Å². The molecule has 0 N–H and O–H groups in total. The van der Waals surface area contributed by atoms with Gasteiger partial charge in [0.2, 0.25) is 0 Å². The van der Waals surface area contributed by atoms with Crippen LogP contribution >= 0.6 is 0 Å². The molecule has 0 aromatic carbocycles. The van der Waals surface area contributed by atoms with Crippen molar-refractivity contribution in [3.05, 3.63) is 23.8 Å². The number of alkyl halides is 3. The van der Waals surface area contributed by atoms with Gasteiger partial charge in [0, 0.05) is 0 Å². The molecule has 52 valence electrons. The molecule has 0 aromatic rings. The van der Waals surface area contributed by atoms with Crippen LogP contribution in [0.25, 0.3) is 11.1 Å². The van der Waals surface area contributed by atoms with E-state index in [4.69, 9.17) is 0 Å². The Labute approximate surface area is 55.3 Å². The van der Waals surface area contributed by atoms with Crippen molar-refractivity contribution in [1.82, 2.24) is 0 Å². The van der Waals surface area contributed by atoms with Gasteiger partial charge in [0.05, 0.1) is 5.56 Å². The van der Waals surface area contributed by atoms with Gasteiger partial charge in [-0.15, -0.1) is 0 Å². The molecule has 2 aliphatic carbocycles. The lowest BCUT2D eigenvalue weighted by atomic mass is 10.3. The van der Waals surface area contributed by atoms with Gasteiger partial charge in [-0.3, -0.25) is 0 Å². The maximum Gasteiger partial charge on any atom is 0.417 e. The third-order valence-corrected chi connectivity index (χ3v) is 1.55. The van der Waals surface area contributed by atoms with E-state index < -0.39 is 11.7 Å². The van der Waals surface area contributed by atoms with Gasteiger partial charge in [0.1, 0.15) is 0 Å². The third-order valence-electron chi connectivity index (χ3n) is 1.55. The molecule has 0 heterocycles. The van der Waals surface area contributed by atoms with Gasteiger partial charge >= 0.3 is 6.18 Å². The van der Waals surface area contributed by atoms with E-state index in [-0.39, 0.29) is 0 Å². The summed E-state index contributed by atoms with van der Waals surface area (Å²) in [7, 11) is 0. The Bertz CT molecular complexity index is 285. The van der Waals surface area contributed by atoms with Crippen molar-refractivity contribution in [3.63, 3.8) is 0 Å². The predicted octanol–water partition coefficient (Wildman–Crippen LogP) is 2.69. The summed E-state index contributed by atoms with van der Waals surface area (Å²) in [6.45, 7) is 0. The monoisotopic (exact) mass is 144 g/mol. The number of hydrogen-bond acceptors (Lipinski definition) is 0. The highest BCUT2D eigenvalue weighted by molar-refractivity contribution is 5.85. The van der Waals surface area contributed by atoms with Gasteiger partial charge in [-0.05, 0) is 23.3 Å². The minimum absolute atomic E-state index is 0.368. The molecule has 2 aliphatic rings. The number of rotatable bonds is 0. The van der Waals surface area contributed by atoms with Gasteiger partial charge in [-0.2, -0.15) is 13.2 Å². The summed E-state index contributed by atoms with van der Waals surface area (Å²) in [6.07, 6.45) is -4.17. The van der Waals surface area contributed by atoms with Gasteiger partial charge in [-0.1, -0.05) is 6.07 Å². The van der Waals surface area contributed by atoms with E-state index in [1.807, 2.05) is 0 Å². The first-order valence-corrected chi connectivity index (χ1v) is 2.80. The molecule has 0 fully saturated rings. The molecule has 0 nitrogen and oxygen atoms in total. The van der Waals surface area contributed by atoms with Crippen molar-refractivity contribution in [2.24, 2.45) is 0 Å². The van der Waals surface area contributed by atoms with Crippen LogP contribution in [-0.2, 0) is 6.18 Å². The number of benzene rings is 1. The zero-order chi connectivity index (χ0) is 7.35. The molecule has 0 amide bonds. The molecular weight excluding hydrogens is 141 g/mol. The maximum absolute atomic E-state index is 11.9. The molecule has 0 saturated heterocycles. The normalized spacial score (nSPS) is 13.5. The first-order chi connectivity index (χ1) is 4.59. The largest absolute Gasteiger partial charge is 0.417 e. The molecule has 0 saturated carbocycles. The van der Waals surface area contributed by atoms with Crippen LogP contribution in [0.2, 0.25) is 0 Å². The van der Waals surface area contributed by atoms with E-state index in [1.54, 1.807) is 0 Å². The van der Waals surface area contributed by atoms with E-state index in [2.05, 4.69) is 0 Å². The lowest BCUT2D eigenvalue weighted by Gasteiger charge is -2.01. The van der Waals surface area contributed by atoms with Crippen LogP contribution < -0.4 is 0 Å². The lowest BCUT2D eigenvalue weighted by Crippen LogP contribution is -2.02. The Hall–Kier alpha value is -0.990. The average Bonchev–Trinajstić information content (AvgIpc) is 2.40. The van der Waals surface area contributed by atoms with Crippen molar-refractivity contribution >= 4 is 0 Å². The van der Waals surface area contributed by atoms with Crippen molar-refractivity contribution in [1.29, 1.82) is 0 Å². The topological polar surface area (TPSA) is 0 Å². The zero-order valence-electron chi connectivity index (χ0n) is 4.87. The highest BCUT2D eigenvalue weighted by Crippen LogP contribution is 2.45. The number of fused-ring (bicyclic) bond motifs is 1. The summed E-state index contributed by atoms with van der Waals surface area (Å²) in [4.78, 5) is 0. The molecule has 0 aliphatic heterocycles. The van der Waals surface area contributed by atoms with Gasteiger partial charge in [-0.25, -0.2) is 0 Å². The van der Waals surface area contributed by atoms with Crippen molar-refractivity contribution in [2.45, 2.75) is 6.18 Å². The fourth-order valence-corrected chi connectivity index (χ4v) is 1.00. The van der Waals surface area contributed by atoms with Gasteiger partial charge < -0.3 is 0 Å². The highest BCUT2D eigenvalue weighted by atomic mass is 19.4. The molecule has 0 bridgehead atoms. The Morgan fingerprint density at radius 1 is 1.10 bits per heavy atom. The van der Waals surface area contributed by atoms with Crippen LogP contribution in [0.4, 0.5) is 13.2 Å². The van der Waals surface area contributed by atoms with Crippen molar-refractivity contribution < 1.29 is 13.2 Å². The third kappa shape index (κ3) is 0.632. The number of halogens is 3. The molecule has 0 radical (unpaired) electrons. The van der Waals surface area contributed by atoms with E-state index in [0.717, 1.165) is 11.6 Å². The summed E-state index contributed by atoms with van der Waals surface area (Å²) >= 11 is 0. The Balaban J connectivity index is 2.45. The fourth-order valence-electron chi connectivity index (χ4n) is 1.00.